The molecule has 0 saturated carbocycles. The summed E-state index contributed by atoms with van der Waals surface area (Å²) in [6.07, 6.45) is 10.8. The molecule has 0 spiro atoms. The van der Waals surface area contributed by atoms with E-state index in [1.165, 1.54) is 35.6 Å². The molecule has 3 nitrogen and oxygen atoms in total. The summed E-state index contributed by atoms with van der Waals surface area (Å²) in [5.74, 6) is 2.64. The van der Waals surface area contributed by atoms with Gasteiger partial charge in [-0.25, -0.2) is 4.98 Å². The number of nitrogens with zero attached hydrogens (tertiary/aromatic N) is 2. The van der Waals surface area contributed by atoms with Crippen LogP contribution >= 0.6 is 0 Å². The summed E-state index contributed by atoms with van der Waals surface area (Å²) in [7, 11) is 4.79. The van der Waals surface area contributed by atoms with Crippen molar-refractivity contribution in [3.8, 4) is 5.75 Å². The first-order valence-electron chi connectivity index (χ1n) is 16.6. The second-order valence-corrected chi connectivity index (χ2v) is 13.8. The van der Waals surface area contributed by atoms with Gasteiger partial charge in [-0.05, 0) is 46.4 Å². The van der Waals surface area contributed by atoms with Gasteiger partial charge in [0.2, 0.25) is 0 Å². The average molecular weight is 631 g/mol. The predicted octanol–water partition coefficient (Wildman–Crippen LogP) is 8.33. The molecule has 6 rings (SSSR count). The van der Waals surface area contributed by atoms with Crippen molar-refractivity contribution in [2.75, 3.05) is 6.61 Å². The Morgan fingerprint density at radius 1 is 0.723 bits per heavy atom. The first-order chi connectivity index (χ1) is 23.2. The Bertz CT molecular complexity index is 1680. The third kappa shape index (κ3) is 8.90. The van der Waals surface area contributed by atoms with Crippen LogP contribution in [0.25, 0.3) is 5.57 Å². The highest BCUT2D eigenvalue weighted by Gasteiger charge is 2.36. The lowest BCUT2D eigenvalue weighted by Crippen LogP contribution is -2.46. The van der Waals surface area contributed by atoms with Crippen LogP contribution in [0, 0.1) is 0 Å². The van der Waals surface area contributed by atoms with E-state index < -0.39 is 9.52 Å². The fraction of sp³-hybridized carbons (Fsp3) is 0.167. The Morgan fingerprint density at radius 3 is 1.81 bits per heavy atom. The van der Waals surface area contributed by atoms with Crippen LogP contribution in [0.4, 0.5) is 0 Å². The van der Waals surface area contributed by atoms with Crippen LogP contribution in [-0.4, -0.2) is 33.5 Å². The molecule has 5 aromatic carbocycles. The second-order valence-electron chi connectivity index (χ2n) is 11.6. The molecule has 0 amide bonds. The number of benzene rings is 5. The second kappa shape index (κ2) is 17.7. The molecule has 1 aromatic heterocycles. The Labute approximate surface area is 284 Å². The van der Waals surface area contributed by atoms with Gasteiger partial charge in [0.25, 0.3) is 0 Å². The smallest absolute Gasteiger partial charge is 0.119 e. The van der Waals surface area contributed by atoms with E-state index in [2.05, 4.69) is 132 Å². The molecule has 0 aliphatic heterocycles. The maximum absolute atomic E-state index is 6.11. The zero-order chi connectivity index (χ0) is 32.6. The van der Waals surface area contributed by atoms with Gasteiger partial charge in [-0.1, -0.05) is 165 Å². The topological polar surface area (TPSA) is 27.1 Å². The van der Waals surface area contributed by atoms with E-state index in [4.69, 9.17) is 12.6 Å². The van der Waals surface area contributed by atoms with Gasteiger partial charge >= 0.3 is 0 Å². The van der Waals surface area contributed by atoms with Crippen molar-refractivity contribution in [3.63, 3.8) is 0 Å². The van der Waals surface area contributed by atoms with E-state index in [0.29, 0.717) is 0 Å². The maximum Gasteiger partial charge on any atom is 0.119 e. The molecule has 0 unspecified atom stereocenters. The van der Waals surface area contributed by atoms with Crippen LogP contribution in [0.15, 0.2) is 170 Å². The number of unbranched alkanes of at least 4 members (excludes halogenated alkanes) is 3. The summed E-state index contributed by atoms with van der Waals surface area (Å²) in [6, 6.07) is 50.7. The minimum atomic E-state index is -0.885. The van der Waals surface area contributed by atoms with Crippen molar-refractivity contribution in [1.29, 1.82) is 0 Å². The third-order valence-corrected chi connectivity index (χ3v) is 11.0. The van der Waals surface area contributed by atoms with Crippen LogP contribution in [0.3, 0.4) is 0 Å². The molecule has 0 atom stereocenters. The largest absolute Gasteiger partial charge is 0.494 e. The van der Waals surface area contributed by atoms with Crippen molar-refractivity contribution in [2.45, 2.75) is 37.8 Å². The van der Waals surface area contributed by atoms with Crippen molar-refractivity contribution in [2.24, 2.45) is 0 Å². The van der Waals surface area contributed by atoms with Crippen molar-refractivity contribution in [1.82, 2.24) is 9.55 Å². The van der Waals surface area contributed by atoms with Gasteiger partial charge in [0.15, 0.2) is 0 Å². The zero-order valence-corrected chi connectivity index (χ0v) is 28.7. The number of hydrogen-bond acceptors (Lipinski definition) is 2. The van der Waals surface area contributed by atoms with E-state index in [1.807, 2.05) is 48.9 Å². The van der Waals surface area contributed by atoms with E-state index >= 15 is 0 Å². The molecule has 1 heterocycles. The summed E-state index contributed by atoms with van der Waals surface area (Å²) < 4.78 is 8.41. The third-order valence-electron chi connectivity index (χ3n) is 8.41. The lowest BCUT2D eigenvalue weighted by atomic mass is 9.92. The van der Waals surface area contributed by atoms with E-state index in [9.17, 15) is 0 Å². The normalized spacial score (nSPS) is 11.1. The number of imidazole rings is 1. The Balaban J connectivity index is 0.000000241. The molecule has 234 valence electrons. The van der Waals surface area contributed by atoms with Crippen LogP contribution < -0.4 is 9.92 Å². The minimum absolute atomic E-state index is 0.265. The summed E-state index contributed by atoms with van der Waals surface area (Å²) in [5.41, 5.74) is 5.94. The predicted molar refractivity (Wildman–Crippen MR) is 201 cm³/mol. The lowest BCUT2D eigenvalue weighted by Gasteiger charge is -2.37. The van der Waals surface area contributed by atoms with Crippen molar-refractivity contribution >= 4 is 28.1 Å². The highest BCUT2D eigenvalue weighted by molar-refractivity contribution is 6.57. The SMILES string of the molecule is CCCCCCOc1cccc([SiH2]C(c2ccccc2)(c2ccccc2)n2ccnc2)c1.[B]C=C(c1ccccc1)c1ccccc1. The Morgan fingerprint density at radius 2 is 1.30 bits per heavy atom. The summed E-state index contributed by atoms with van der Waals surface area (Å²) in [4.78, 5) is 4.42. The van der Waals surface area contributed by atoms with Crippen LogP contribution in [0.5, 0.6) is 5.75 Å². The van der Waals surface area contributed by atoms with Gasteiger partial charge < -0.3 is 9.30 Å². The molecule has 6 aromatic rings. The standard InChI is InChI=1S/C28H32N2OSi.C14H11B/c1-2-3-4-11-21-31-26-17-12-18-27(22-26)32-28(30-20-19-29-23-30,24-13-7-5-8-14-24)25-15-9-6-10-16-25;15-11-14(12-7-3-1-4-8-12)13-9-5-2-6-10-13/h5-10,12-20,22-23H,2-4,11,21,32H2,1H3;1-11H. The zero-order valence-electron chi connectivity index (χ0n) is 27.3. The van der Waals surface area contributed by atoms with Gasteiger partial charge in [0.05, 0.1) is 27.6 Å². The molecule has 0 aliphatic rings. The van der Waals surface area contributed by atoms with Gasteiger partial charge in [-0.2, -0.15) is 0 Å². The molecular formula is C42H43BN2OSi. The van der Waals surface area contributed by atoms with E-state index in [-0.39, 0.29) is 5.16 Å². The van der Waals surface area contributed by atoms with Crippen molar-refractivity contribution < 1.29 is 4.74 Å². The molecule has 0 bridgehead atoms. The van der Waals surface area contributed by atoms with Gasteiger partial charge in [-0.3, -0.25) is 0 Å². The number of aromatic nitrogens is 2. The fourth-order valence-electron chi connectivity index (χ4n) is 6.03. The highest BCUT2D eigenvalue weighted by atomic mass is 28.2. The molecule has 2 radical (unpaired) electrons. The summed E-state index contributed by atoms with van der Waals surface area (Å²) in [6.45, 7) is 3.02. The number of hydrogen-bond donors (Lipinski definition) is 0. The molecule has 47 heavy (non-hydrogen) atoms. The van der Waals surface area contributed by atoms with E-state index in [0.717, 1.165) is 35.5 Å². The van der Waals surface area contributed by atoms with Crippen LogP contribution in [0.2, 0.25) is 0 Å². The van der Waals surface area contributed by atoms with Gasteiger partial charge in [0.1, 0.15) is 13.6 Å². The molecule has 0 saturated heterocycles. The summed E-state index contributed by atoms with van der Waals surface area (Å²) >= 11 is 0. The molecule has 5 heteroatoms. The number of rotatable bonds is 13. The van der Waals surface area contributed by atoms with Gasteiger partial charge in [-0.15, -0.1) is 5.98 Å². The summed E-state index contributed by atoms with van der Waals surface area (Å²) in [5, 5.41) is 1.11. The lowest BCUT2D eigenvalue weighted by molar-refractivity contribution is 0.305. The molecular weight excluding hydrogens is 587 g/mol. The molecule has 0 fully saturated rings. The van der Waals surface area contributed by atoms with E-state index in [1.54, 1.807) is 5.98 Å². The quantitative estimate of drug-likeness (QED) is 0.0948. The van der Waals surface area contributed by atoms with Crippen molar-refractivity contribution in [3.05, 3.63) is 193 Å². The molecule has 0 aliphatic carbocycles. The molecule has 0 N–H and O–H groups in total. The average Bonchev–Trinajstić information content (AvgIpc) is 3.69. The minimum Gasteiger partial charge on any atom is -0.494 e. The Kier molecular flexibility index (Phi) is 12.6. The van der Waals surface area contributed by atoms with Crippen LogP contribution in [-0.2, 0) is 5.16 Å². The highest BCUT2D eigenvalue weighted by Crippen LogP contribution is 2.33. The first-order valence-corrected chi connectivity index (χ1v) is 18.0. The first kappa shape index (κ1) is 33.5. The maximum atomic E-state index is 6.11. The Hall–Kier alpha value is -4.87. The number of ether oxygens (including phenoxy) is 1. The monoisotopic (exact) mass is 630 g/mol. The fourth-order valence-corrected chi connectivity index (χ4v) is 8.42. The van der Waals surface area contributed by atoms with Gasteiger partial charge in [0, 0.05) is 12.4 Å². The van der Waals surface area contributed by atoms with Crippen LogP contribution in [0.1, 0.15) is 54.9 Å².